The van der Waals surface area contributed by atoms with E-state index in [2.05, 4.69) is 0 Å². The van der Waals surface area contributed by atoms with Crippen LogP contribution in [0.1, 0.15) is 74.8 Å². The highest BCUT2D eigenvalue weighted by atomic mass is 32.1. The summed E-state index contributed by atoms with van der Waals surface area (Å²) in [4.78, 5) is 47.6. The minimum atomic E-state index is -1.18. The molecule has 2 N–H and O–H groups in total. The molecule has 2 rings (SSSR count). The second-order valence-electron chi connectivity index (χ2n) is 5.98. The summed E-state index contributed by atoms with van der Waals surface area (Å²) in [5, 5.41) is 17.5. The molecule has 0 saturated carbocycles. The van der Waals surface area contributed by atoms with Gasteiger partial charge in [0, 0.05) is 19.5 Å². The summed E-state index contributed by atoms with van der Waals surface area (Å²) in [6, 6.07) is 0. The Morgan fingerprint density at radius 2 is 0.900 bits per heavy atom. The molecular weight excluding hydrogens is 432 g/mol. The molecule has 10 heteroatoms. The number of carbonyl (C=O) groups is 4. The number of aryl methyl sites for hydroxylation is 4. The van der Waals surface area contributed by atoms with Gasteiger partial charge in [0.2, 0.25) is 0 Å². The Morgan fingerprint density at radius 3 is 1.13 bits per heavy atom. The molecule has 2 aromatic rings. The molecule has 2 aromatic heterocycles. The van der Waals surface area contributed by atoms with Gasteiger partial charge >= 0.3 is 23.9 Å². The number of hydrogen-bond donors (Lipinski definition) is 2. The molecule has 2 heterocycles. The van der Waals surface area contributed by atoms with Crippen LogP contribution < -0.4 is 0 Å². The van der Waals surface area contributed by atoms with Gasteiger partial charge in [0.05, 0.1) is 35.5 Å². The number of rotatable bonds is 6. The maximum Gasteiger partial charge on any atom is 0.340 e. The lowest BCUT2D eigenvalue weighted by atomic mass is 10.1. The minimum absolute atomic E-state index is 0.0880. The monoisotopic (exact) mass is 456 g/mol. The fourth-order valence-corrected chi connectivity index (χ4v) is 4.86. The van der Waals surface area contributed by atoms with Gasteiger partial charge in [0.25, 0.3) is 0 Å². The van der Waals surface area contributed by atoms with Crippen molar-refractivity contribution in [3.63, 3.8) is 0 Å². The van der Waals surface area contributed by atoms with Crippen LogP contribution in [-0.4, -0.2) is 47.3 Å². The third kappa shape index (κ3) is 5.67. The normalized spacial score (nSPS) is 10.1. The van der Waals surface area contributed by atoms with Crippen molar-refractivity contribution >= 4 is 46.6 Å². The number of hydrogen-bond acceptors (Lipinski definition) is 8. The van der Waals surface area contributed by atoms with Crippen molar-refractivity contribution in [3.05, 3.63) is 41.8 Å². The van der Waals surface area contributed by atoms with E-state index in [0.29, 0.717) is 20.9 Å². The van der Waals surface area contributed by atoms with Gasteiger partial charge < -0.3 is 19.7 Å². The molecule has 0 aromatic carbocycles. The van der Waals surface area contributed by atoms with Crippen molar-refractivity contribution in [1.29, 1.82) is 0 Å². The second-order valence-corrected chi connectivity index (χ2v) is 8.84. The van der Waals surface area contributed by atoms with Crippen molar-refractivity contribution in [2.75, 3.05) is 13.2 Å². The van der Waals surface area contributed by atoms with E-state index in [1.54, 1.807) is 41.5 Å². The first-order valence-corrected chi connectivity index (χ1v) is 10.6. The van der Waals surface area contributed by atoms with Crippen molar-refractivity contribution in [2.24, 2.45) is 0 Å². The summed E-state index contributed by atoms with van der Waals surface area (Å²) in [5.74, 6) is -3.28. The predicted molar refractivity (Wildman–Crippen MR) is 113 cm³/mol. The van der Waals surface area contributed by atoms with Crippen LogP contribution in [-0.2, 0) is 9.47 Å². The van der Waals surface area contributed by atoms with Crippen molar-refractivity contribution in [2.45, 2.75) is 41.5 Å². The summed E-state index contributed by atoms with van der Waals surface area (Å²) < 4.78 is 9.90. The van der Waals surface area contributed by atoms with Crippen LogP contribution in [0.5, 0.6) is 0 Å². The van der Waals surface area contributed by atoms with E-state index in [1.807, 2.05) is 0 Å². The van der Waals surface area contributed by atoms with Gasteiger partial charge in [0.15, 0.2) is 0 Å². The largest absolute Gasteiger partial charge is 0.478 e. The highest BCUT2D eigenvalue weighted by molar-refractivity contribution is 7.13. The van der Waals surface area contributed by atoms with Crippen LogP contribution in [0, 0.1) is 27.7 Å². The van der Waals surface area contributed by atoms with Gasteiger partial charge in [-0.25, -0.2) is 19.2 Å². The topological polar surface area (TPSA) is 127 Å². The van der Waals surface area contributed by atoms with Crippen molar-refractivity contribution < 1.29 is 38.9 Å². The van der Waals surface area contributed by atoms with E-state index < -0.39 is 23.9 Å². The number of carboxylic acid groups (broad SMARTS) is 2. The minimum Gasteiger partial charge on any atom is -0.478 e. The van der Waals surface area contributed by atoms with Gasteiger partial charge in [0.1, 0.15) is 0 Å². The molecule has 0 aliphatic heterocycles. The molecule has 164 valence electrons. The maximum absolute atomic E-state index is 11.8. The van der Waals surface area contributed by atoms with Gasteiger partial charge in [-0.1, -0.05) is 0 Å². The number of thiophene rings is 2. The Bertz CT molecular complexity index is 895. The lowest BCUT2D eigenvalue weighted by Crippen LogP contribution is -2.13. The lowest BCUT2D eigenvalue weighted by Gasteiger charge is -2.05. The van der Waals surface area contributed by atoms with Crippen LogP contribution in [0.25, 0.3) is 0 Å². The number of esters is 2. The quantitative estimate of drug-likeness (QED) is 0.609. The first kappa shape index (κ1) is 25.3. The van der Waals surface area contributed by atoms with E-state index in [4.69, 9.17) is 19.7 Å². The first-order chi connectivity index (χ1) is 14.0. The van der Waals surface area contributed by atoms with Crippen LogP contribution in [0.3, 0.4) is 0 Å². The van der Waals surface area contributed by atoms with E-state index in [1.165, 1.54) is 22.7 Å². The molecule has 0 saturated heterocycles. The average Bonchev–Trinajstić information content (AvgIpc) is 3.10. The number of carboxylic acids is 2. The van der Waals surface area contributed by atoms with Crippen LogP contribution >= 0.6 is 22.7 Å². The fourth-order valence-electron chi connectivity index (χ4n) is 2.78. The molecule has 8 nitrogen and oxygen atoms in total. The Morgan fingerprint density at radius 1 is 0.633 bits per heavy atom. The summed E-state index contributed by atoms with van der Waals surface area (Å²) in [5.41, 5.74) is 0.505. The predicted octanol–water partition coefficient (Wildman–Crippen LogP) is 4.48. The highest BCUT2D eigenvalue weighted by Crippen LogP contribution is 2.29. The van der Waals surface area contributed by atoms with Crippen LogP contribution in [0.2, 0.25) is 0 Å². The molecule has 0 aliphatic rings. The fraction of sp³-hybridized carbons (Fsp3) is 0.400. The van der Waals surface area contributed by atoms with Crippen molar-refractivity contribution in [1.82, 2.24) is 0 Å². The molecule has 0 unspecified atom stereocenters. The molecule has 0 fully saturated rings. The van der Waals surface area contributed by atoms with E-state index >= 15 is 0 Å². The van der Waals surface area contributed by atoms with E-state index in [0.717, 1.165) is 9.75 Å². The van der Waals surface area contributed by atoms with Gasteiger partial charge in [-0.05, 0) is 41.5 Å². The Balaban J connectivity index is 0.000000311. The van der Waals surface area contributed by atoms with Crippen molar-refractivity contribution in [3.8, 4) is 0 Å². The first-order valence-electron chi connectivity index (χ1n) is 8.98. The number of aromatic carboxylic acids is 2. The van der Waals surface area contributed by atoms with E-state index in [9.17, 15) is 19.2 Å². The highest BCUT2D eigenvalue weighted by Gasteiger charge is 2.26. The second kappa shape index (κ2) is 10.9. The maximum atomic E-state index is 11.8. The summed E-state index contributed by atoms with van der Waals surface area (Å²) in [7, 11) is 0. The summed E-state index contributed by atoms with van der Waals surface area (Å²) >= 11 is 2.59. The number of ether oxygens (including phenoxy) is 2. The Hall–Kier alpha value is -2.72. The average molecular weight is 457 g/mol. The zero-order valence-electron chi connectivity index (χ0n) is 17.6. The molecule has 0 spiro atoms. The Labute approximate surface area is 182 Å². The number of carbonyl (C=O) groups excluding carboxylic acids is 2. The van der Waals surface area contributed by atoms with Gasteiger partial charge in [-0.2, -0.15) is 0 Å². The molecule has 30 heavy (non-hydrogen) atoms. The molecule has 0 amide bonds. The Kier molecular flexibility index (Phi) is 9.19. The standard InChI is InChI=1S/C12H16O4S.C8H8O4S/c1-5-15-11(13)9-7(3)17-8(4)10(9)12(14)16-6-2;1-3-5(7(9)10)6(8(11)12)4(2)13-3/h5-6H2,1-4H3;1-2H3,(H,9,10)(H,11,12). The molecule has 0 atom stereocenters. The molecular formula is C20H24O8S2. The third-order valence-corrected chi connectivity index (χ3v) is 5.95. The zero-order chi connectivity index (χ0) is 23.2. The zero-order valence-corrected chi connectivity index (χ0v) is 19.2. The lowest BCUT2D eigenvalue weighted by molar-refractivity contribution is 0.0479. The summed E-state index contributed by atoms with van der Waals surface area (Å²) in [6.07, 6.45) is 0. The molecule has 0 radical (unpaired) electrons. The van der Waals surface area contributed by atoms with Crippen LogP contribution in [0.4, 0.5) is 0 Å². The molecule has 0 aliphatic carbocycles. The van der Waals surface area contributed by atoms with E-state index in [-0.39, 0.29) is 24.3 Å². The summed E-state index contributed by atoms with van der Waals surface area (Å²) in [6.45, 7) is 10.8. The van der Waals surface area contributed by atoms with Gasteiger partial charge in [-0.3, -0.25) is 0 Å². The molecule has 0 bridgehead atoms. The smallest absolute Gasteiger partial charge is 0.340 e. The third-order valence-electron chi connectivity index (χ3n) is 3.91. The van der Waals surface area contributed by atoms with Gasteiger partial charge in [-0.15, -0.1) is 22.7 Å². The van der Waals surface area contributed by atoms with Crippen LogP contribution in [0.15, 0.2) is 0 Å². The SMILES string of the molecule is CCOC(=O)c1c(C)sc(C)c1C(=O)OCC.Cc1sc(C)c(C(=O)O)c1C(=O)O.